The third-order valence-electron chi connectivity index (χ3n) is 5.39. The number of amides is 1. The van der Waals surface area contributed by atoms with Gasteiger partial charge in [0.25, 0.3) is 5.56 Å². The number of para-hydroxylation sites is 1. The molecule has 0 aliphatic carbocycles. The van der Waals surface area contributed by atoms with E-state index in [2.05, 4.69) is 41.1 Å². The van der Waals surface area contributed by atoms with Crippen molar-refractivity contribution in [2.75, 3.05) is 5.75 Å². The molecule has 2 heterocycles. The Morgan fingerprint density at radius 3 is 2.66 bits per heavy atom. The van der Waals surface area contributed by atoms with Crippen LogP contribution in [0.5, 0.6) is 0 Å². The highest BCUT2D eigenvalue weighted by Crippen LogP contribution is 2.22. The van der Waals surface area contributed by atoms with Crippen molar-refractivity contribution in [3.8, 4) is 0 Å². The summed E-state index contributed by atoms with van der Waals surface area (Å²) >= 11 is 1.29. The lowest BCUT2D eigenvalue weighted by atomic mass is 10.1. The van der Waals surface area contributed by atoms with Crippen molar-refractivity contribution in [3.63, 3.8) is 0 Å². The number of nitrogens with zero attached hydrogens (tertiary/aromatic N) is 4. The average molecular weight is 448 g/mol. The van der Waals surface area contributed by atoms with Gasteiger partial charge in [-0.1, -0.05) is 61.2 Å². The van der Waals surface area contributed by atoms with Crippen LogP contribution in [0, 0.1) is 0 Å². The molecule has 1 atom stereocenters. The molecule has 1 unspecified atom stereocenters. The van der Waals surface area contributed by atoms with Gasteiger partial charge in [0.2, 0.25) is 11.7 Å². The van der Waals surface area contributed by atoms with Gasteiger partial charge in [0.05, 0.1) is 22.7 Å². The van der Waals surface area contributed by atoms with Crippen LogP contribution >= 0.6 is 11.8 Å². The Balaban J connectivity index is 1.56. The molecule has 0 bridgehead atoms. The number of nitrogens with one attached hydrogen (secondary N) is 1. The number of benzene rings is 2. The van der Waals surface area contributed by atoms with Gasteiger partial charge in [-0.05, 0) is 36.6 Å². The molecule has 8 heteroatoms. The number of aryl methyl sites for hydroxylation is 1. The van der Waals surface area contributed by atoms with Gasteiger partial charge in [-0.15, -0.1) is 16.8 Å². The highest BCUT2D eigenvalue weighted by molar-refractivity contribution is 7.99. The third-order valence-corrected chi connectivity index (χ3v) is 6.32. The first-order valence-corrected chi connectivity index (χ1v) is 11.5. The molecule has 0 radical (unpaired) electrons. The zero-order chi connectivity index (χ0) is 22.7. The van der Waals surface area contributed by atoms with Crippen molar-refractivity contribution in [3.05, 3.63) is 82.7 Å². The van der Waals surface area contributed by atoms with E-state index in [1.165, 1.54) is 21.9 Å². The van der Waals surface area contributed by atoms with Crippen LogP contribution < -0.4 is 10.9 Å². The average Bonchev–Trinajstić information content (AvgIpc) is 3.24. The van der Waals surface area contributed by atoms with Crippen LogP contribution in [-0.2, 0) is 17.8 Å². The van der Waals surface area contributed by atoms with Crippen molar-refractivity contribution >= 4 is 34.3 Å². The molecule has 4 rings (SSSR count). The smallest absolute Gasteiger partial charge is 0.263 e. The Morgan fingerprint density at radius 2 is 1.94 bits per heavy atom. The first-order chi connectivity index (χ1) is 15.5. The van der Waals surface area contributed by atoms with Crippen LogP contribution in [-0.4, -0.2) is 30.8 Å². The second-order valence-electron chi connectivity index (χ2n) is 7.51. The monoisotopic (exact) mass is 447 g/mol. The molecule has 1 N–H and O–H groups in total. The predicted molar refractivity (Wildman–Crippen MR) is 128 cm³/mol. The topological polar surface area (TPSA) is 81.3 Å². The van der Waals surface area contributed by atoms with Crippen molar-refractivity contribution in [2.45, 2.75) is 38.0 Å². The number of rotatable bonds is 8. The fourth-order valence-corrected chi connectivity index (χ4v) is 4.41. The summed E-state index contributed by atoms with van der Waals surface area (Å²) in [7, 11) is 0. The first-order valence-electron chi connectivity index (χ1n) is 10.5. The minimum Gasteiger partial charge on any atom is -0.349 e. The van der Waals surface area contributed by atoms with Crippen LogP contribution in [0.25, 0.3) is 16.7 Å². The fraction of sp³-hybridized carbons (Fsp3) is 0.250. The van der Waals surface area contributed by atoms with Gasteiger partial charge in [0.1, 0.15) is 0 Å². The molecule has 0 saturated heterocycles. The SMILES string of the molecule is C=CCn1c(=O)c2ccccc2n2c(SCC(=O)NC(C)c3ccc(CC)cc3)nnc12. The Morgan fingerprint density at radius 1 is 1.19 bits per heavy atom. The lowest BCUT2D eigenvalue weighted by Crippen LogP contribution is -2.28. The van der Waals surface area contributed by atoms with Gasteiger partial charge in [-0.2, -0.15) is 0 Å². The molecule has 1 amide bonds. The third kappa shape index (κ3) is 4.18. The van der Waals surface area contributed by atoms with E-state index in [1.807, 2.05) is 41.7 Å². The van der Waals surface area contributed by atoms with Gasteiger partial charge in [0.15, 0.2) is 5.16 Å². The summed E-state index contributed by atoms with van der Waals surface area (Å²) in [6.07, 6.45) is 2.64. The molecule has 0 fully saturated rings. The predicted octanol–water partition coefficient (Wildman–Crippen LogP) is 3.76. The maximum absolute atomic E-state index is 12.9. The molecule has 0 aliphatic heterocycles. The number of hydrogen-bond acceptors (Lipinski definition) is 5. The summed E-state index contributed by atoms with van der Waals surface area (Å²) in [5.41, 5.74) is 2.90. The highest BCUT2D eigenvalue weighted by atomic mass is 32.2. The van der Waals surface area contributed by atoms with E-state index in [0.717, 1.165) is 12.0 Å². The number of aromatic nitrogens is 4. The Hall–Kier alpha value is -3.39. The molecule has 164 valence electrons. The standard InChI is InChI=1S/C24H25N5O2S/c1-4-14-28-22(31)19-8-6-7-9-20(19)29-23(28)26-27-24(29)32-15-21(30)25-16(3)18-12-10-17(5-2)11-13-18/h4,6-13,16H,1,5,14-15H2,2-3H3,(H,25,30). The van der Waals surface area contributed by atoms with Gasteiger partial charge >= 0.3 is 0 Å². The quantitative estimate of drug-likeness (QED) is 0.329. The zero-order valence-corrected chi connectivity index (χ0v) is 18.9. The second-order valence-corrected chi connectivity index (χ2v) is 8.46. The van der Waals surface area contributed by atoms with Crippen LogP contribution in [0.1, 0.15) is 31.0 Å². The van der Waals surface area contributed by atoms with E-state index >= 15 is 0 Å². The van der Waals surface area contributed by atoms with Crippen LogP contribution in [0.15, 0.2) is 71.1 Å². The molecule has 4 aromatic rings. The maximum Gasteiger partial charge on any atom is 0.263 e. The summed E-state index contributed by atoms with van der Waals surface area (Å²) in [6.45, 7) is 8.15. The number of carbonyl (C=O) groups excluding carboxylic acids is 1. The minimum absolute atomic E-state index is 0.0947. The Labute approximate surface area is 190 Å². The van der Waals surface area contributed by atoms with Gasteiger partial charge < -0.3 is 5.32 Å². The van der Waals surface area contributed by atoms with Crippen LogP contribution in [0.3, 0.4) is 0 Å². The minimum atomic E-state index is -0.141. The fourth-order valence-electron chi connectivity index (χ4n) is 3.66. The number of fused-ring (bicyclic) bond motifs is 3. The molecular formula is C24H25N5O2S. The molecule has 2 aromatic carbocycles. The summed E-state index contributed by atoms with van der Waals surface area (Å²) in [4.78, 5) is 25.5. The molecule has 32 heavy (non-hydrogen) atoms. The number of thioether (sulfide) groups is 1. The van der Waals surface area contributed by atoms with Gasteiger partial charge in [-0.3, -0.25) is 18.6 Å². The Bertz CT molecular complexity index is 1340. The largest absolute Gasteiger partial charge is 0.349 e. The second kappa shape index (κ2) is 9.40. The number of allylic oxidation sites excluding steroid dienone is 1. The van der Waals surface area contributed by atoms with E-state index in [0.29, 0.717) is 28.4 Å². The molecule has 7 nitrogen and oxygen atoms in total. The Kier molecular flexibility index (Phi) is 6.41. The number of carbonyl (C=O) groups is 1. The van der Waals surface area contributed by atoms with Crippen LogP contribution in [0.4, 0.5) is 0 Å². The van der Waals surface area contributed by atoms with E-state index in [1.54, 1.807) is 12.1 Å². The normalized spacial score (nSPS) is 12.2. The zero-order valence-electron chi connectivity index (χ0n) is 18.1. The molecule has 2 aromatic heterocycles. The van der Waals surface area contributed by atoms with Gasteiger partial charge in [0, 0.05) is 6.54 Å². The maximum atomic E-state index is 12.9. The van der Waals surface area contributed by atoms with Crippen molar-refractivity contribution in [1.29, 1.82) is 0 Å². The summed E-state index contributed by atoms with van der Waals surface area (Å²) in [6, 6.07) is 15.5. The highest BCUT2D eigenvalue weighted by Gasteiger charge is 2.17. The van der Waals surface area contributed by atoms with Gasteiger partial charge in [-0.25, -0.2) is 0 Å². The van der Waals surface area contributed by atoms with E-state index in [9.17, 15) is 9.59 Å². The molecular weight excluding hydrogens is 422 g/mol. The summed E-state index contributed by atoms with van der Waals surface area (Å²) in [5.74, 6) is 0.524. The van der Waals surface area contributed by atoms with Crippen molar-refractivity contribution in [2.24, 2.45) is 0 Å². The summed E-state index contributed by atoms with van der Waals surface area (Å²) < 4.78 is 3.36. The molecule has 0 saturated carbocycles. The van der Waals surface area contributed by atoms with Crippen molar-refractivity contribution in [1.82, 2.24) is 24.5 Å². The van der Waals surface area contributed by atoms with E-state index in [-0.39, 0.29) is 23.3 Å². The van der Waals surface area contributed by atoms with Crippen molar-refractivity contribution < 1.29 is 4.79 Å². The summed E-state index contributed by atoms with van der Waals surface area (Å²) in [5, 5.41) is 12.6. The lowest BCUT2D eigenvalue weighted by molar-refractivity contribution is -0.119. The van der Waals surface area contributed by atoms with E-state index in [4.69, 9.17) is 0 Å². The van der Waals surface area contributed by atoms with Crippen LogP contribution in [0.2, 0.25) is 0 Å². The molecule has 0 spiro atoms. The lowest BCUT2D eigenvalue weighted by Gasteiger charge is -2.14. The first kappa shape index (κ1) is 21.8. The number of hydrogen-bond donors (Lipinski definition) is 1. The molecule has 0 aliphatic rings. The van der Waals surface area contributed by atoms with E-state index < -0.39 is 0 Å².